The third-order valence-electron chi connectivity index (χ3n) is 3.82. The smallest absolute Gasteiger partial charge is 0.341 e. The lowest BCUT2D eigenvalue weighted by molar-refractivity contribution is 0.0506. The Hall–Kier alpha value is -2.83. The molecule has 2 aromatic rings. The number of aryl methyl sites for hydroxylation is 1. The molecule has 0 radical (unpaired) electrons. The number of rotatable bonds is 7. The Morgan fingerprint density at radius 2 is 1.92 bits per heavy atom. The average Bonchev–Trinajstić information content (AvgIpc) is 2.62. The molecule has 0 aliphatic heterocycles. The number of nitrogens with zero attached hydrogens (tertiary/aromatic N) is 3. The number of halogens is 2. The zero-order chi connectivity index (χ0) is 19.1. The van der Waals surface area contributed by atoms with E-state index in [0.717, 1.165) is 5.56 Å². The Kier molecular flexibility index (Phi) is 6.77. The molecule has 0 saturated carbocycles. The summed E-state index contributed by atoms with van der Waals surface area (Å²) in [5.41, 5.74) is 1.72. The molecule has 0 fully saturated rings. The molecule has 26 heavy (non-hydrogen) atoms. The topological polar surface area (TPSA) is 55.3 Å². The normalized spacial score (nSPS) is 10.3. The van der Waals surface area contributed by atoms with Gasteiger partial charge >= 0.3 is 5.97 Å². The molecule has 0 aliphatic rings. The highest BCUT2D eigenvalue weighted by Crippen LogP contribution is 2.15. The molecular weight excluding hydrogens is 340 g/mol. The van der Waals surface area contributed by atoms with Gasteiger partial charge in [-0.15, -0.1) is 0 Å². The Balaban J connectivity index is 1.99. The van der Waals surface area contributed by atoms with E-state index in [-0.39, 0.29) is 24.2 Å². The fraction of sp³-hybridized carbons (Fsp3) is 0.316. The minimum atomic E-state index is -1.74. The van der Waals surface area contributed by atoms with Crippen LogP contribution in [0.5, 0.6) is 0 Å². The Morgan fingerprint density at radius 1 is 1.23 bits per heavy atom. The van der Waals surface area contributed by atoms with Gasteiger partial charge in [-0.1, -0.05) is 30.3 Å². The quantitative estimate of drug-likeness (QED) is 0.694. The molecule has 1 aromatic carbocycles. The van der Waals surface area contributed by atoms with Crippen LogP contribution in [0.2, 0.25) is 0 Å². The number of ether oxygens (including phenoxy) is 1. The lowest BCUT2D eigenvalue weighted by atomic mass is 10.2. The molecule has 0 spiro atoms. The van der Waals surface area contributed by atoms with E-state index in [1.54, 1.807) is 6.92 Å². The number of hydrogen-bond acceptors (Lipinski definition) is 5. The third kappa shape index (κ3) is 5.34. The summed E-state index contributed by atoms with van der Waals surface area (Å²) in [6.45, 7) is 3.50. The molecule has 0 N–H and O–H groups in total. The van der Waals surface area contributed by atoms with E-state index < -0.39 is 12.0 Å². The number of carbonyl (C=O) groups is 1. The highest BCUT2D eigenvalue weighted by atomic mass is 19.3. The zero-order valence-electron chi connectivity index (χ0n) is 15.0. The Labute approximate surface area is 151 Å². The first-order chi connectivity index (χ1) is 12.4. The summed E-state index contributed by atoms with van der Waals surface area (Å²) in [6.07, 6.45) is -0.349. The van der Waals surface area contributed by atoms with Crippen LogP contribution in [-0.2, 0) is 11.3 Å². The first-order valence-corrected chi connectivity index (χ1v) is 8.15. The SMILES string of the molecule is CC(CCOC(=O)c1cnc(N(C)Cc2ccccc2)nc1C)=C(F)F. The van der Waals surface area contributed by atoms with Crippen LogP contribution < -0.4 is 4.90 Å². The monoisotopic (exact) mass is 361 g/mol. The van der Waals surface area contributed by atoms with Gasteiger partial charge in [0.05, 0.1) is 17.9 Å². The number of benzene rings is 1. The minimum Gasteiger partial charge on any atom is -0.462 e. The molecule has 0 bridgehead atoms. The van der Waals surface area contributed by atoms with Gasteiger partial charge in [-0.3, -0.25) is 0 Å². The van der Waals surface area contributed by atoms with Gasteiger partial charge in [-0.05, 0) is 25.0 Å². The van der Waals surface area contributed by atoms with Crippen LogP contribution in [-0.4, -0.2) is 29.6 Å². The van der Waals surface area contributed by atoms with Crippen LogP contribution in [0.25, 0.3) is 0 Å². The van der Waals surface area contributed by atoms with Crippen LogP contribution in [0.15, 0.2) is 48.2 Å². The van der Waals surface area contributed by atoms with Crippen molar-refractivity contribution in [1.29, 1.82) is 0 Å². The van der Waals surface area contributed by atoms with Gasteiger partial charge < -0.3 is 9.64 Å². The van der Waals surface area contributed by atoms with E-state index in [1.165, 1.54) is 13.1 Å². The Bertz CT molecular complexity index is 791. The van der Waals surface area contributed by atoms with Crippen molar-refractivity contribution in [3.8, 4) is 0 Å². The van der Waals surface area contributed by atoms with Gasteiger partial charge in [0.2, 0.25) is 5.95 Å². The summed E-state index contributed by atoms with van der Waals surface area (Å²) in [5, 5.41) is 0. The Morgan fingerprint density at radius 3 is 2.54 bits per heavy atom. The lowest BCUT2D eigenvalue weighted by Gasteiger charge is -2.18. The van der Waals surface area contributed by atoms with Gasteiger partial charge in [-0.25, -0.2) is 14.8 Å². The van der Waals surface area contributed by atoms with Crippen LogP contribution in [0, 0.1) is 6.92 Å². The maximum absolute atomic E-state index is 12.3. The van der Waals surface area contributed by atoms with Crippen molar-refractivity contribution in [3.63, 3.8) is 0 Å². The van der Waals surface area contributed by atoms with Crippen molar-refractivity contribution in [2.45, 2.75) is 26.8 Å². The van der Waals surface area contributed by atoms with Gasteiger partial charge in [-0.2, -0.15) is 8.78 Å². The summed E-state index contributed by atoms with van der Waals surface area (Å²) in [7, 11) is 1.86. The molecule has 0 amide bonds. The van der Waals surface area contributed by atoms with Crippen LogP contribution in [0.3, 0.4) is 0 Å². The second kappa shape index (κ2) is 9.03. The number of hydrogen-bond donors (Lipinski definition) is 0. The standard InChI is InChI=1S/C19H21F2N3O2/c1-13(17(20)21)9-10-26-18(25)16-11-22-19(23-14(16)2)24(3)12-15-7-5-4-6-8-15/h4-8,11H,9-10,12H2,1-3H3. The lowest BCUT2D eigenvalue weighted by Crippen LogP contribution is -2.20. The largest absolute Gasteiger partial charge is 0.462 e. The fourth-order valence-electron chi connectivity index (χ4n) is 2.24. The highest BCUT2D eigenvalue weighted by molar-refractivity contribution is 5.90. The van der Waals surface area contributed by atoms with Crippen molar-refractivity contribution in [2.75, 3.05) is 18.6 Å². The van der Waals surface area contributed by atoms with Gasteiger partial charge in [0.25, 0.3) is 6.08 Å². The van der Waals surface area contributed by atoms with Crippen molar-refractivity contribution in [1.82, 2.24) is 9.97 Å². The molecule has 0 atom stereocenters. The summed E-state index contributed by atoms with van der Waals surface area (Å²) < 4.78 is 29.7. The maximum Gasteiger partial charge on any atom is 0.341 e. The summed E-state index contributed by atoms with van der Waals surface area (Å²) >= 11 is 0. The van der Waals surface area contributed by atoms with Gasteiger partial charge in [0.1, 0.15) is 0 Å². The first-order valence-electron chi connectivity index (χ1n) is 8.15. The van der Waals surface area contributed by atoms with E-state index in [2.05, 4.69) is 9.97 Å². The van der Waals surface area contributed by atoms with E-state index in [0.29, 0.717) is 18.2 Å². The predicted octanol–water partition coefficient (Wildman–Crippen LogP) is 4.14. The molecule has 0 saturated heterocycles. The van der Waals surface area contributed by atoms with Gasteiger partial charge in [0.15, 0.2) is 0 Å². The molecule has 1 heterocycles. The number of carbonyl (C=O) groups excluding carboxylic acids is 1. The van der Waals surface area contributed by atoms with Crippen LogP contribution >= 0.6 is 0 Å². The fourth-order valence-corrected chi connectivity index (χ4v) is 2.24. The van der Waals surface area contributed by atoms with E-state index >= 15 is 0 Å². The van der Waals surface area contributed by atoms with E-state index in [1.807, 2.05) is 42.3 Å². The second-order valence-electron chi connectivity index (χ2n) is 5.94. The van der Waals surface area contributed by atoms with E-state index in [4.69, 9.17) is 4.74 Å². The molecule has 5 nitrogen and oxygen atoms in total. The summed E-state index contributed by atoms with van der Waals surface area (Å²) in [6, 6.07) is 9.88. The molecule has 138 valence electrons. The molecule has 0 unspecified atom stereocenters. The number of esters is 1. The second-order valence-corrected chi connectivity index (χ2v) is 5.94. The van der Waals surface area contributed by atoms with Crippen molar-refractivity contribution >= 4 is 11.9 Å². The van der Waals surface area contributed by atoms with Crippen molar-refractivity contribution < 1.29 is 18.3 Å². The van der Waals surface area contributed by atoms with Crippen LogP contribution in [0.4, 0.5) is 14.7 Å². The maximum atomic E-state index is 12.3. The molecule has 2 rings (SSSR count). The zero-order valence-corrected chi connectivity index (χ0v) is 15.0. The minimum absolute atomic E-state index is 0.00806. The number of aromatic nitrogens is 2. The van der Waals surface area contributed by atoms with Crippen molar-refractivity contribution in [3.05, 3.63) is 65.0 Å². The highest BCUT2D eigenvalue weighted by Gasteiger charge is 2.15. The third-order valence-corrected chi connectivity index (χ3v) is 3.82. The average molecular weight is 361 g/mol. The first kappa shape index (κ1) is 19.5. The van der Waals surface area contributed by atoms with E-state index in [9.17, 15) is 13.6 Å². The summed E-state index contributed by atoms with van der Waals surface area (Å²) in [4.78, 5) is 22.5. The molecule has 7 heteroatoms. The van der Waals surface area contributed by atoms with Crippen molar-refractivity contribution in [2.24, 2.45) is 0 Å². The predicted molar refractivity (Wildman–Crippen MR) is 95.1 cm³/mol. The molecule has 1 aromatic heterocycles. The van der Waals surface area contributed by atoms with Gasteiger partial charge in [0, 0.05) is 26.2 Å². The molecule has 0 aliphatic carbocycles. The summed E-state index contributed by atoms with van der Waals surface area (Å²) in [5.74, 6) is -0.131. The van der Waals surface area contributed by atoms with Crippen LogP contribution in [0.1, 0.15) is 35.0 Å². The number of anilines is 1. The molecular formula is C19H21F2N3O2.